The monoisotopic (exact) mass is 176 g/mol. The third-order valence-electron chi connectivity index (χ3n) is 3.14. The van der Waals surface area contributed by atoms with Crippen molar-refractivity contribution < 1.29 is 0 Å². The number of rotatable bonds is 0. The van der Waals surface area contributed by atoms with Crippen LogP contribution in [0.1, 0.15) is 17.0 Å². The van der Waals surface area contributed by atoms with Crippen LogP contribution in [0.5, 0.6) is 0 Å². The quantitative estimate of drug-likeness (QED) is 0.585. The third-order valence-corrected chi connectivity index (χ3v) is 4.39. The van der Waals surface area contributed by atoms with E-state index in [4.69, 9.17) is 0 Å². The summed E-state index contributed by atoms with van der Waals surface area (Å²) in [5.74, 6) is 4.61. The maximum absolute atomic E-state index is 2.33. The smallest absolute Gasteiger partial charge is 0.000476 e. The second kappa shape index (κ2) is 2.53. The first-order chi connectivity index (χ1) is 5.95. The highest BCUT2D eigenvalue weighted by Gasteiger charge is 2.35. The largest absolute Gasteiger partial charge is 0.161 e. The van der Waals surface area contributed by atoms with Gasteiger partial charge in [0.05, 0.1) is 0 Å². The molecule has 0 nitrogen and oxygen atoms in total. The molecule has 1 fully saturated rings. The predicted octanol–water partition coefficient (Wildman–Crippen LogP) is 2.69. The van der Waals surface area contributed by atoms with Gasteiger partial charge in [-0.15, -0.1) is 0 Å². The lowest BCUT2D eigenvalue weighted by molar-refractivity contribution is 0.570. The third kappa shape index (κ3) is 0.861. The van der Waals surface area contributed by atoms with Crippen molar-refractivity contribution in [2.75, 3.05) is 11.5 Å². The molecule has 0 radical (unpaired) electrons. The van der Waals surface area contributed by atoms with Crippen molar-refractivity contribution in [3.63, 3.8) is 0 Å². The van der Waals surface area contributed by atoms with Gasteiger partial charge in [-0.25, -0.2) is 0 Å². The molecular weight excluding hydrogens is 164 g/mol. The van der Waals surface area contributed by atoms with Crippen LogP contribution in [0.15, 0.2) is 24.3 Å². The van der Waals surface area contributed by atoms with Gasteiger partial charge in [0.1, 0.15) is 0 Å². The van der Waals surface area contributed by atoms with E-state index >= 15 is 0 Å². The van der Waals surface area contributed by atoms with Crippen molar-refractivity contribution in [1.82, 2.24) is 0 Å². The molecule has 12 heavy (non-hydrogen) atoms. The van der Waals surface area contributed by atoms with E-state index in [2.05, 4.69) is 36.0 Å². The summed E-state index contributed by atoms with van der Waals surface area (Å²) in [5, 5.41) is 0. The Morgan fingerprint density at radius 2 is 2.08 bits per heavy atom. The Morgan fingerprint density at radius 1 is 1.17 bits per heavy atom. The summed E-state index contributed by atoms with van der Waals surface area (Å²) in [5.41, 5.74) is 3.26. The van der Waals surface area contributed by atoms with Gasteiger partial charge in [-0.2, -0.15) is 11.8 Å². The average Bonchev–Trinajstić information content (AvgIpc) is 2.62. The zero-order valence-electron chi connectivity index (χ0n) is 6.99. The van der Waals surface area contributed by atoms with Gasteiger partial charge < -0.3 is 0 Å². The summed E-state index contributed by atoms with van der Waals surface area (Å²) in [4.78, 5) is 0. The number of fused-ring (bicyclic) bond motifs is 3. The number of benzene rings is 1. The molecule has 1 saturated heterocycles. The lowest BCUT2D eigenvalue weighted by Gasteiger charge is -2.06. The van der Waals surface area contributed by atoms with E-state index in [-0.39, 0.29) is 0 Å². The zero-order chi connectivity index (χ0) is 7.97. The molecule has 1 aromatic carbocycles. The first kappa shape index (κ1) is 7.02. The molecule has 0 N–H and O–H groups in total. The summed E-state index contributed by atoms with van der Waals surface area (Å²) in [7, 11) is 0. The van der Waals surface area contributed by atoms with Crippen LogP contribution in [0.25, 0.3) is 0 Å². The zero-order valence-corrected chi connectivity index (χ0v) is 7.81. The van der Waals surface area contributed by atoms with Crippen molar-refractivity contribution in [1.29, 1.82) is 0 Å². The summed E-state index contributed by atoms with van der Waals surface area (Å²) < 4.78 is 0. The van der Waals surface area contributed by atoms with Crippen LogP contribution < -0.4 is 0 Å². The average molecular weight is 176 g/mol. The minimum Gasteiger partial charge on any atom is -0.161 e. The highest BCUT2D eigenvalue weighted by molar-refractivity contribution is 7.99. The lowest BCUT2D eigenvalue weighted by Crippen LogP contribution is -2.02. The Kier molecular flexibility index (Phi) is 1.48. The van der Waals surface area contributed by atoms with E-state index in [1.807, 2.05) is 0 Å². The van der Waals surface area contributed by atoms with E-state index < -0.39 is 0 Å². The fourth-order valence-electron chi connectivity index (χ4n) is 2.51. The molecule has 0 aromatic heterocycles. The molecule has 0 amide bonds. The maximum Gasteiger partial charge on any atom is 0.000476 e. The van der Waals surface area contributed by atoms with Gasteiger partial charge in [0.2, 0.25) is 0 Å². The number of hydrogen-bond acceptors (Lipinski definition) is 1. The molecule has 1 heteroatoms. The molecule has 62 valence electrons. The highest BCUT2D eigenvalue weighted by Crippen LogP contribution is 2.45. The fraction of sp³-hybridized carbons (Fsp3) is 0.455. The Morgan fingerprint density at radius 3 is 3.08 bits per heavy atom. The Bertz CT molecular complexity index is 306. The molecule has 3 rings (SSSR count). The van der Waals surface area contributed by atoms with Gasteiger partial charge in [-0.3, -0.25) is 0 Å². The second-order valence-corrected chi connectivity index (χ2v) is 4.88. The Balaban J connectivity index is 2.09. The van der Waals surface area contributed by atoms with Gasteiger partial charge in [-0.05, 0) is 35.1 Å². The fourth-order valence-corrected chi connectivity index (χ4v) is 4.00. The van der Waals surface area contributed by atoms with Crippen LogP contribution in [0.4, 0.5) is 0 Å². The lowest BCUT2D eigenvalue weighted by atomic mass is 9.97. The van der Waals surface area contributed by atoms with Gasteiger partial charge >= 0.3 is 0 Å². The van der Waals surface area contributed by atoms with E-state index in [9.17, 15) is 0 Å². The molecule has 0 saturated carbocycles. The minimum absolute atomic E-state index is 0.895. The Labute approximate surface area is 77.4 Å². The molecule has 2 unspecified atom stereocenters. The van der Waals surface area contributed by atoms with Gasteiger partial charge in [-0.1, -0.05) is 24.3 Å². The van der Waals surface area contributed by atoms with Gasteiger partial charge in [0, 0.05) is 5.75 Å². The van der Waals surface area contributed by atoms with E-state index in [0.29, 0.717) is 0 Å². The second-order valence-electron chi connectivity index (χ2n) is 3.81. The summed E-state index contributed by atoms with van der Waals surface area (Å²) in [6.45, 7) is 0. The predicted molar refractivity (Wildman–Crippen MR) is 53.7 cm³/mol. The van der Waals surface area contributed by atoms with E-state index in [1.165, 1.54) is 17.9 Å². The Hall–Kier alpha value is -0.430. The van der Waals surface area contributed by atoms with Gasteiger partial charge in [0.15, 0.2) is 0 Å². The van der Waals surface area contributed by atoms with Crippen molar-refractivity contribution in [2.24, 2.45) is 5.92 Å². The topological polar surface area (TPSA) is 0 Å². The van der Waals surface area contributed by atoms with Crippen LogP contribution >= 0.6 is 11.8 Å². The van der Waals surface area contributed by atoms with Crippen LogP contribution in [-0.4, -0.2) is 11.5 Å². The maximum atomic E-state index is 2.33. The van der Waals surface area contributed by atoms with Crippen molar-refractivity contribution in [3.05, 3.63) is 35.4 Å². The minimum atomic E-state index is 0.895. The van der Waals surface area contributed by atoms with E-state index in [1.54, 1.807) is 11.1 Å². The SMILES string of the molecule is c1ccc2c(c1)CC1CSCC21. The first-order valence-electron chi connectivity index (χ1n) is 4.61. The van der Waals surface area contributed by atoms with Crippen molar-refractivity contribution in [2.45, 2.75) is 12.3 Å². The van der Waals surface area contributed by atoms with Gasteiger partial charge in [0.25, 0.3) is 0 Å². The summed E-state index contributed by atoms with van der Waals surface area (Å²) >= 11 is 2.13. The molecular formula is C11H12S. The summed E-state index contributed by atoms with van der Waals surface area (Å²) in [6, 6.07) is 8.99. The molecule has 2 aliphatic rings. The van der Waals surface area contributed by atoms with E-state index in [0.717, 1.165) is 11.8 Å². The molecule has 2 atom stereocenters. The van der Waals surface area contributed by atoms with Crippen LogP contribution in [0.2, 0.25) is 0 Å². The molecule has 1 heterocycles. The van der Waals surface area contributed by atoms with Crippen LogP contribution in [0.3, 0.4) is 0 Å². The molecule has 0 bridgehead atoms. The summed E-state index contributed by atoms with van der Waals surface area (Å²) in [6.07, 6.45) is 1.34. The van der Waals surface area contributed by atoms with Crippen LogP contribution in [-0.2, 0) is 6.42 Å². The number of thioether (sulfide) groups is 1. The number of hydrogen-bond donors (Lipinski definition) is 0. The standard InChI is InChI=1S/C11H12S/c1-2-4-10-8(3-1)5-9-6-12-7-11(9)10/h1-4,9,11H,5-7H2. The molecule has 0 spiro atoms. The molecule has 1 aliphatic heterocycles. The molecule has 1 aromatic rings. The first-order valence-corrected chi connectivity index (χ1v) is 5.76. The normalized spacial score (nSPS) is 31.7. The highest BCUT2D eigenvalue weighted by atomic mass is 32.2. The van der Waals surface area contributed by atoms with Crippen LogP contribution in [0, 0.1) is 5.92 Å². The van der Waals surface area contributed by atoms with Crippen molar-refractivity contribution >= 4 is 11.8 Å². The molecule has 1 aliphatic carbocycles. The van der Waals surface area contributed by atoms with Crippen molar-refractivity contribution in [3.8, 4) is 0 Å².